The van der Waals surface area contributed by atoms with Gasteiger partial charge in [-0.15, -0.1) is 0 Å². The Labute approximate surface area is 129 Å². The van der Waals surface area contributed by atoms with Gasteiger partial charge in [0.1, 0.15) is 6.54 Å². The van der Waals surface area contributed by atoms with Crippen molar-refractivity contribution in [2.45, 2.75) is 12.7 Å². The number of aromatic nitrogens is 3. The zero-order valence-electron chi connectivity index (χ0n) is 12.0. The number of halogens is 3. The summed E-state index contributed by atoms with van der Waals surface area (Å²) >= 11 is 0. The van der Waals surface area contributed by atoms with E-state index in [2.05, 4.69) is 15.6 Å². The summed E-state index contributed by atoms with van der Waals surface area (Å²) in [6.07, 6.45) is -3.29. The minimum Gasteiger partial charge on any atom is -0.359 e. The Bertz CT molecular complexity index is 688. The fraction of sp³-hybridized carbons (Fsp3) is 0.462. The standard InChI is InChI=1S/C13H14F3N5O2/c14-13(15,16)11-1-4-21(18-11)8-9-7-10(19-23-9)12(22)20-5-2-17-3-6-20/h1,4,7,17H,2-3,5-6,8H2. The van der Waals surface area contributed by atoms with Crippen molar-refractivity contribution >= 4 is 5.91 Å². The topological polar surface area (TPSA) is 76.2 Å². The number of nitrogens with zero attached hydrogens (tertiary/aromatic N) is 4. The number of hydrogen-bond acceptors (Lipinski definition) is 5. The molecule has 0 spiro atoms. The van der Waals surface area contributed by atoms with Crippen molar-refractivity contribution in [3.05, 3.63) is 35.5 Å². The SMILES string of the molecule is O=C(c1cc(Cn2ccc(C(F)(F)F)n2)on1)N1CCNCC1. The molecule has 1 saturated heterocycles. The summed E-state index contributed by atoms with van der Waals surface area (Å²) < 4.78 is 43.6. The van der Waals surface area contributed by atoms with E-state index in [9.17, 15) is 18.0 Å². The average Bonchev–Trinajstić information content (AvgIpc) is 3.17. The number of rotatable bonds is 3. The predicted molar refractivity (Wildman–Crippen MR) is 71.6 cm³/mol. The van der Waals surface area contributed by atoms with Crippen molar-refractivity contribution in [3.63, 3.8) is 0 Å². The van der Waals surface area contributed by atoms with Crippen LogP contribution in [0.1, 0.15) is 21.9 Å². The van der Waals surface area contributed by atoms with Crippen LogP contribution in [0.3, 0.4) is 0 Å². The molecule has 10 heteroatoms. The van der Waals surface area contributed by atoms with Gasteiger partial charge in [-0.05, 0) is 6.07 Å². The van der Waals surface area contributed by atoms with E-state index in [-0.39, 0.29) is 23.9 Å². The third kappa shape index (κ3) is 3.52. The van der Waals surface area contributed by atoms with E-state index in [0.29, 0.717) is 26.2 Å². The molecule has 0 radical (unpaired) electrons. The fourth-order valence-corrected chi connectivity index (χ4v) is 2.28. The van der Waals surface area contributed by atoms with Gasteiger partial charge in [0.15, 0.2) is 17.1 Å². The number of hydrogen-bond donors (Lipinski definition) is 1. The maximum absolute atomic E-state index is 12.5. The van der Waals surface area contributed by atoms with Gasteiger partial charge in [0.05, 0.1) is 0 Å². The normalized spacial score (nSPS) is 15.9. The molecule has 2 aromatic rings. The molecular formula is C13H14F3N5O2. The van der Waals surface area contributed by atoms with E-state index in [4.69, 9.17) is 4.52 Å². The summed E-state index contributed by atoms with van der Waals surface area (Å²) in [4.78, 5) is 13.9. The molecule has 3 heterocycles. The summed E-state index contributed by atoms with van der Waals surface area (Å²) in [5, 5.41) is 10.2. The Morgan fingerprint density at radius 1 is 1.35 bits per heavy atom. The van der Waals surface area contributed by atoms with Gasteiger partial charge in [-0.25, -0.2) is 0 Å². The smallest absolute Gasteiger partial charge is 0.359 e. The van der Waals surface area contributed by atoms with Crippen molar-refractivity contribution in [2.75, 3.05) is 26.2 Å². The minimum atomic E-state index is -4.49. The van der Waals surface area contributed by atoms with Crippen LogP contribution >= 0.6 is 0 Å². The molecule has 1 fully saturated rings. The Balaban J connectivity index is 1.67. The van der Waals surface area contributed by atoms with Crippen molar-refractivity contribution in [1.82, 2.24) is 25.2 Å². The molecule has 2 aromatic heterocycles. The second-order valence-electron chi connectivity index (χ2n) is 5.12. The van der Waals surface area contributed by atoms with Gasteiger partial charge in [-0.3, -0.25) is 9.48 Å². The molecule has 1 aliphatic heterocycles. The van der Waals surface area contributed by atoms with Gasteiger partial charge in [0.2, 0.25) is 0 Å². The van der Waals surface area contributed by atoms with Crippen LogP contribution in [-0.2, 0) is 12.7 Å². The lowest BCUT2D eigenvalue weighted by Crippen LogP contribution is -2.46. The minimum absolute atomic E-state index is 0.0298. The van der Waals surface area contributed by atoms with Crippen LogP contribution in [0.5, 0.6) is 0 Å². The second-order valence-corrected chi connectivity index (χ2v) is 5.12. The molecule has 7 nitrogen and oxygen atoms in total. The molecule has 1 N–H and O–H groups in total. The third-order valence-corrected chi connectivity index (χ3v) is 3.43. The Hall–Kier alpha value is -2.36. The molecule has 1 amide bonds. The van der Waals surface area contributed by atoms with Crippen molar-refractivity contribution in [2.24, 2.45) is 0 Å². The lowest BCUT2D eigenvalue weighted by molar-refractivity contribution is -0.141. The predicted octanol–water partition coefficient (Wildman–Crippen LogP) is 0.984. The first-order valence-electron chi connectivity index (χ1n) is 7.00. The lowest BCUT2D eigenvalue weighted by Gasteiger charge is -2.26. The third-order valence-electron chi connectivity index (χ3n) is 3.43. The quantitative estimate of drug-likeness (QED) is 0.909. The number of amides is 1. The van der Waals surface area contributed by atoms with Crippen LogP contribution in [0.2, 0.25) is 0 Å². The summed E-state index contributed by atoms with van der Waals surface area (Å²) in [7, 11) is 0. The maximum atomic E-state index is 12.5. The molecule has 0 atom stereocenters. The Morgan fingerprint density at radius 2 is 2.09 bits per heavy atom. The zero-order chi connectivity index (χ0) is 16.4. The van der Waals surface area contributed by atoms with Gasteiger partial charge in [0, 0.05) is 38.4 Å². The van der Waals surface area contributed by atoms with Gasteiger partial charge in [0.25, 0.3) is 5.91 Å². The van der Waals surface area contributed by atoms with E-state index < -0.39 is 11.9 Å². The lowest BCUT2D eigenvalue weighted by atomic mass is 10.3. The molecule has 0 unspecified atom stereocenters. The number of carbonyl (C=O) groups excluding carboxylic acids is 1. The highest BCUT2D eigenvalue weighted by atomic mass is 19.4. The van der Waals surface area contributed by atoms with Crippen LogP contribution in [0.4, 0.5) is 13.2 Å². The van der Waals surface area contributed by atoms with Crippen LogP contribution in [0, 0.1) is 0 Å². The zero-order valence-corrected chi connectivity index (χ0v) is 12.0. The molecule has 0 saturated carbocycles. The summed E-state index contributed by atoms with van der Waals surface area (Å²) in [6, 6.07) is 2.31. The van der Waals surface area contributed by atoms with Crippen molar-refractivity contribution in [3.8, 4) is 0 Å². The highest BCUT2D eigenvalue weighted by molar-refractivity contribution is 5.92. The van der Waals surface area contributed by atoms with Gasteiger partial charge < -0.3 is 14.7 Å². The van der Waals surface area contributed by atoms with E-state index in [0.717, 1.165) is 10.7 Å². The van der Waals surface area contributed by atoms with Crippen LogP contribution < -0.4 is 5.32 Å². The summed E-state index contributed by atoms with van der Waals surface area (Å²) in [6.45, 7) is 2.55. The molecule has 0 aromatic carbocycles. The highest BCUT2D eigenvalue weighted by Gasteiger charge is 2.33. The number of carbonyl (C=O) groups is 1. The van der Waals surface area contributed by atoms with Crippen LogP contribution in [0.15, 0.2) is 22.9 Å². The highest BCUT2D eigenvalue weighted by Crippen LogP contribution is 2.27. The van der Waals surface area contributed by atoms with E-state index >= 15 is 0 Å². The van der Waals surface area contributed by atoms with Gasteiger partial charge in [-0.1, -0.05) is 5.16 Å². The molecule has 1 aliphatic rings. The molecule has 0 aliphatic carbocycles. The monoisotopic (exact) mass is 329 g/mol. The van der Waals surface area contributed by atoms with Gasteiger partial charge in [-0.2, -0.15) is 18.3 Å². The van der Waals surface area contributed by atoms with E-state index in [1.807, 2.05) is 0 Å². The Kier molecular flexibility index (Phi) is 4.07. The molecule has 124 valence electrons. The summed E-state index contributed by atoms with van der Waals surface area (Å²) in [5.74, 6) is 0.0123. The van der Waals surface area contributed by atoms with Gasteiger partial charge >= 0.3 is 6.18 Å². The first-order chi connectivity index (χ1) is 10.9. The molecule has 23 heavy (non-hydrogen) atoms. The molecular weight excluding hydrogens is 315 g/mol. The molecule has 0 bridgehead atoms. The van der Waals surface area contributed by atoms with Crippen molar-refractivity contribution < 1.29 is 22.5 Å². The Morgan fingerprint density at radius 3 is 2.74 bits per heavy atom. The molecule has 3 rings (SSSR count). The number of nitrogens with one attached hydrogen (secondary N) is 1. The number of alkyl halides is 3. The fourth-order valence-electron chi connectivity index (χ4n) is 2.28. The first-order valence-corrected chi connectivity index (χ1v) is 7.00. The van der Waals surface area contributed by atoms with Crippen LogP contribution in [0.25, 0.3) is 0 Å². The summed E-state index contributed by atoms with van der Waals surface area (Å²) in [5.41, 5.74) is -0.834. The average molecular weight is 329 g/mol. The van der Waals surface area contributed by atoms with E-state index in [1.165, 1.54) is 12.3 Å². The second kappa shape index (κ2) is 6.03. The van der Waals surface area contributed by atoms with E-state index in [1.54, 1.807) is 4.90 Å². The first kappa shape index (κ1) is 15.5. The largest absolute Gasteiger partial charge is 0.435 e. The van der Waals surface area contributed by atoms with Crippen LogP contribution in [-0.4, -0.2) is 51.9 Å². The maximum Gasteiger partial charge on any atom is 0.435 e. The number of piperazine rings is 1. The van der Waals surface area contributed by atoms with Crippen molar-refractivity contribution in [1.29, 1.82) is 0 Å².